The molecule has 0 atom stereocenters. The Morgan fingerprint density at radius 1 is 1.35 bits per heavy atom. The standard InChI is InChI=1S/C17H27N3OS2/c1-22-12-16-19-14(11-23-16)10-18-17(21)13-6-8-20(9-7-13)15-4-2-3-5-15/h11,13,15H,2-10,12H2,1H3,(H,18,21). The molecule has 0 bridgehead atoms. The van der Waals surface area contributed by atoms with Crippen LogP contribution >= 0.6 is 23.1 Å². The molecule has 1 saturated carbocycles. The Hall–Kier alpha value is -0.590. The van der Waals surface area contributed by atoms with Crippen LogP contribution in [0.4, 0.5) is 0 Å². The summed E-state index contributed by atoms with van der Waals surface area (Å²) in [7, 11) is 0. The minimum atomic E-state index is 0.192. The summed E-state index contributed by atoms with van der Waals surface area (Å²) in [5.41, 5.74) is 0.996. The molecule has 0 spiro atoms. The Balaban J connectivity index is 1.40. The molecule has 2 fully saturated rings. The zero-order chi connectivity index (χ0) is 16.1. The first kappa shape index (κ1) is 17.2. The van der Waals surface area contributed by atoms with E-state index in [-0.39, 0.29) is 11.8 Å². The van der Waals surface area contributed by atoms with Crippen molar-refractivity contribution in [1.29, 1.82) is 0 Å². The van der Waals surface area contributed by atoms with Crippen molar-refractivity contribution >= 4 is 29.0 Å². The maximum Gasteiger partial charge on any atom is 0.223 e. The van der Waals surface area contributed by atoms with E-state index in [1.807, 2.05) is 0 Å². The fourth-order valence-corrected chi connectivity index (χ4v) is 5.25. The molecule has 0 unspecified atom stereocenters. The number of hydrogen-bond donors (Lipinski definition) is 1. The third kappa shape index (κ3) is 4.70. The van der Waals surface area contributed by atoms with Crippen LogP contribution in [0.5, 0.6) is 0 Å². The number of thioether (sulfide) groups is 1. The van der Waals surface area contributed by atoms with Gasteiger partial charge in [-0.05, 0) is 45.0 Å². The summed E-state index contributed by atoms with van der Waals surface area (Å²) in [6.45, 7) is 2.77. The zero-order valence-corrected chi connectivity index (χ0v) is 15.6. The molecule has 0 radical (unpaired) electrons. The van der Waals surface area contributed by atoms with Gasteiger partial charge in [0.15, 0.2) is 0 Å². The van der Waals surface area contributed by atoms with E-state index >= 15 is 0 Å². The van der Waals surface area contributed by atoms with Crippen LogP contribution in [0.25, 0.3) is 0 Å². The number of nitrogens with zero attached hydrogens (tertiary/aromatic N) is 2. The molecule has 1 aliphatic heterocycles. The van der Waals surface area contributed by atoms with Crippen molar-refractivity contribution in [3.8, 4) is 0 Å². The molecule has 1 aromatic rings. The lowest BCUT2D eigenvalue weighted by Crippen LogP contribution is -2.43. The van der Waals surface area contributed by atoms with E-state index in [9.17, 15) is 4.79 Å². The maximum atomic E-state index is 12.4. The van der Waals surface area contributed by atoms with Crippen molar-refractivity contribution < 1.29 is 4.79 Å². The maximum absolute atomic E-state index is 12.4. The summed E-state index contributed by atoms with van der Waals surface area (Å²) in [5, 5.41) is 6.30. The number of thiazole rings is 1. The van der Waals surface area contributed by atoms with Crippen LogP contribution in [-0.2, 0) is 17.1 Å². The highest BCUT2D eigenvalue weighted by Gasteiger charge is 2.29. The zero-order valence-electron chi connectivity index (χ0n) is 13.9. The molecule has 128 valence electrons. The normalized spacial score (nSPS) is 20.9. The van der Waals surface area contributed by atoms with E-state index in [2.05, 4.69) is 26.8 Å². The number of amides is 1. The van der Waals surface area contributed by atoms with E-state index in [1.165, 1.54) is 25.7 Å². The van der Waals surface area contributed by atoms with E-state index in [4.69, 9.17) is 0 Å². The Labute approximate surface area is 147 Å². The number of hydrogen-bond acceptors (Lipinski definition) is 5. The molecule has 3 rings (SSSR count). The van der Waals surface area contributed by atoms with Gasteiger partial charge in [0.25, 0.3) is 0 Å². The molecule has 1 aliphatic carbocycles. The van der Waals surface area contributed by atoms with Crippen molar-refractivity contribution in [2.75, 3.05) is 19.3 Å². The van der Waals surface area contributed by atoms with Gasteiger partial charge in [-0.15, -0.1) is 11.3 Å². The summed E-state index contributed by atoms with van der Waals surface area (Å²) in [5.74, 6) is 1.37. The summed E-state index contributed by atoms with van der Waals surface area (Å²) in [6, 6.07) is 0.795. The quantitative estimate of drug-likeness (QED) is 0.852. The number of nitrogens with one attached hydrogen (secondary N) is 1. The van der Waals surface area contributed by atoms with Crippen molar-refractivity contribution in [2.24, 2.45) is 5.92 Å². The van der Waals surface area contributed by atoms with Crippen LogP contribution in [0.1, 0.15) is 49.2 Å². The van der Waals surface area contributed by atoms with Crippen LogP contribution in [0.15, 0.2) is 5.38 Å². The average molecular weight is 354 g/mol. The van der Waals surface area contributed by atoms with Crippen LogP contribution in [0.2, 0.25) is 0 Å². The van der Waals surface area contributed by atoms with Gasteiger partial charge >= 0.3 is 0 Å². The lowest BCUT2D eigenvalue weighted by Gasteiger charge is -2.35. The van der Waals surface area contributed by atoms with Crippen LogP contribution < -0.4 is 5.32 Å². The minimum Gasteiger partial charge on any atom is -0.350 e. The molecule has 4 nitrogen and oxygen atoms in total. The van der Waals surface area contributed by atoms with Crippen molar-refractivity contribution in [1.82, 2.24) is 15.2 Å². The molecule has 1 saturated heterocycles. The van der Waals surface area contributed by atoms with Crippen LogP contribution in [0.3, 0.4) is 0 Å². The van der Waals surface area contributed by atoms with E-state index in [1.54, 1.807) is 23.1 Å². The highest BCUT2D eigenvalue weighted by Crippen LogP contribution is 2.28. The smallest absolute Gasteiger partial charge is 0.223 e. The number of aromatic nitrogens is 1. The van der Waals surface area contributed by atoms with E-state index < -0.39 is 0 Å². The van der Waals surface area contributed by atoms with Gasteiger partial charge < -0.3 is 10.2 Å². The summed E-state index contributed by atoms with van der Waals surface area (Å²) in [4.78, 5) is 19.5. The molecule has 1 amide bonds. The highest BCUT2D eigenvalue weighted by atomic mass is 32.2. The topological polar surface area (TPSA) is 45.2 Å². The average Bonchev–Trinajstić information content (AvgIpc) is 3.25. The number of carbonyl (C=O) groups excluding carboxylic acids is 1. The number of carbonyl (C=O) groups is 1. The second kappa shape index (κ2) is 8.49. The molecular weight excluding hydrogens is 326 g/mol. The van der Waals surface area contributed by atoms with E-state index in [0.29, 0.717) is 6.54 Å². The second-order valence-electron chi connectivity index (χ2n) is 6.63. The highest BCUT2D eigenvalue weighted by molar-refractivity contribution is 7.97. The van der Waals surface area contributed by atoms with Gasteiger partial charge in [0.2, 0.25) is 5.91 Å². The van der Waals surface area contributed by atoms with Crippen molar-refractivity contribution in [3.05, 3.63) is 16.1 Å². The third-order valence-electron chi connectivity index (χ3n) is 5.05. The third-order valence-corrected chi connectivity index (χ3v) is 6.69. The largest absolute Gasteiger partial charge is 0.350 e. The number of rotatable bonds is 6. The molecule has 23 heavy (non-hydrogen) atoms. The molecule has 2 heterocycles. The predicted molar refractivity (Wildman–Crippen MR) is 97.7 cm³/mol. The number of likely N-dealkylation sites (tertiary alicyclic amines) is 1. The summed E-state index contributed by atoms with van der Waals surface area (Å²) >= 11 is 3.47. The molecular formula is C17H27N3OS2. The van der Waals surface area contributed by atoms with Gasteiger partial charge in [-0.1, -0.05) is 12.8 Å². The molecule has 1 aromatic heterocycles. The van der Waals surface area contributed by atoms with Crippen molar-refractivity contribution in [2.45, 2.75) is 56.9 Å². The lowest BCUT2D eigenvalue weighted by molar-refractivity contribution is -0.126. The minimum absolute atomic E-state index is 0.192. The SMILES string of the molecule is CSCc1nc(CNC(=O)C2CCN(C3CCCC3)CC2)cs1. The Kier molecular flexibility index (Phi) is 6.36. The first-order chi connectivity index (χ1) is 11.3. The summed E-state index contributed by atoms with van der Waals surface area (Å²) in [6.07, 6.45) is 9.60. The Morgan fingerprint density at radius 2 is 2.09 bits per heavy atom. The van der Waals surface area contributed by atoms with Gasteiger partial charge in [-0.25, -0.2) is 4.98 Å². The van der Waals surface area contributed by atoms with Gasteiger partial charge in [0.05, 0.1) is 12.2 Å². The molecule has 2 aliphatic rings. The van der Waals surface area contributed by atoms with Gasteiger partial charge in [-0.3, -0.25) is 4.79 Å². The fourth-order valence-electron chi connectivity index (χ4n) is 3.74. The van der Waals surface area contributed by atoms with Crippen LogP contribution in [0, 0.1) is 5.92 Å². The molecule has 0 aromatic carbocycles. The Bertz CT molecular complexity index is 506. The second-order valence-corrected chi connectivity index (χ2v) is 8.44. The van der Waals surface area contributed by atoms with Gasteiger partial charge in [0.1, 0.15) is 5.01 Å². The molecule has 6 heteroatoms. The first-order valence-electron chi connectivity index (χ1n) is 8.70. The predicted octanol–water partition coefficient (Wildman–Crippen LogP) is 3.28. The Morgan fingerprint density at radius 3 is 2.78 bits per heavy atom. The van der Waals surface area contributed by atoms with Gasteiger partial charge in [0, 0.05) is 23.1 Å². The summed E-state index contributed by atoms with van der Waals surface area (Å²) < 4.78 is 0. The fraction of sp³-hybridized carbons (Fsp3) is 0.765. The van der Waals surface area contributed by atoms with Gasteiger partial charge in [-0.2, -0.15) is 11.8 Å². The molecule has 1 N–H and O–H groups in total. The number of piperidine rings is 1. The van der Waals surface area contributed by atoms with Crippen LogP contribution in [-0.4, -0.2) is 41.2 Å². The monoisotopic (exact) mass is 353 g/mol. The van der Waals surface area contributed by atoms with E-state index in [0.717, 1.165) is 48.4 Å². The first-order valence-corrected chi connectivity index (χ1v) is 11.0. The lowest BCUT2D eigenvalue weighted by atomic mass is 9.94. The van der Waals surface area contributed by atoms with Crippen molar-refractivity contribution in [3.63, 3.8) is 0 Å².